The van der Waals surface area contributed by atoms with E-state index in [-0.39, 0.29) is 18.9 Å². The molecule has 118 valence electrons. The average molecular weight is 310 g/mol. The molecule has 0 radical (unpaired) electrons. The Morgan fingerprint density at radius 2 is 1.57 bits per heavy atom. The summed E-state index contributed by atoms with van der Waals surface area (Å²) in [4.78, 5) is 22.7. The molecule has 0 aromatic heterocycles. The number of aliphatic carboxylic acids is 1. The molecule has 1 unspecified atom stereocenters. The Kier molecular flexibility index (Phi) is 4.15. The predicted molar refractivity (Wildman–Crippen MR) is 86.1 cm³/mol. The molecule has 1 N–H and O–H groups in total. The molecule has 1 aliphatic carbocycles. The summed E-state index contributed by atoms with van der Waals surface area (Å²) in [7, 11) is 0. The van der Waals surface area contributed by atoms with Crippen molar-refractivity contribution in [2.45, 2.75) is 19.3 Å². The van der Waals surface area contributed by atoms with Crippen molar-refractivity contribution < 1.29 is 19.4 Å². The molecule has 4 nitrogen and oxygen atoms in total. The van der Waals surface area contributed by atoms with E-state index in [2.05, 4.69) is 24.3 Å². The Bertz CT molecular complexity index is 705. The minimum Gasteiger partial charge on any atom is -0.481 e. The quantitative estimate of drug-likeness (QED) is 0.859. The summed E-state index contributed by atoms with van der Waals surface area (Å²) in [5.41, 5.74) is 4.63. The zero-order valence-electron chi connectivity index (χ0n) is 12.9. The molecule has 0 saturated carbocycles. The van der Waals surface area contributed by atoms with Gasteiger partial charge in [0, 0.05) is 5.92 Å². The summed E-state index contributed by atoms with van der Waals surface area (Å²) in [6.45, 7) is 1.81. The lowest BCUT2D eigenvalue weighted by Gasteiger charge is -2.16. The summed E-state index contributed by atoms with van der Waals surface area (Å²) in [6, 6.07) is 16.2. The van der Waals surface area contributed by atoms with Gasteiger partial charge in [-0.1, -0.05) is 55.5 Å². The first-order valence-corrected chi connectivity index (χ1v) is 7.64. The first-order valence-electron chi connectivity index (χ1n) is 7.64. The molecular formula is C19H18O4. The van der Waals surface area contributed by atoms with Gasteiger partial charge < -0.3 is 9.84 Å². The van der Waals surface area contributed by atoms with Crippen molar-refractivity contribution in [3.63, 3.8) is 0 Å². The highest BCUT2D eigenvalue weighted by Gasteiger charge is 2.29. The number of esters is 1. The molecule has 23 heavy (non-hydrogen) atoms. The average Bonchev–Trinajstić information content (AvgIpc) is 2.86. The molecule has 0 bridgehead atoms. The number of carboxylic acid groups (broad SMARTS) is 1. The van der Waals surface area contributed by atoms with Crippen LogP contribution in [0.1, 0.15) is 30.4 Å². The molecule has 0 heterocycles. The summed E-state index contributed by atoms with van der Waals surface area (Å²) in [5, 5.41) is 8.77. The van der Waals surface area contributed by atoms with E-state index in [1.165, 1.54) is 11.1 Å². The monoisotopic (exact) mass is 310 g/mol. The van der Waals surface area contributed by atoms with E-state index in [9.17, 15) is 9.59 Å². The third-order valence-corrected chi connectivity index (χ3v) is 4.24. The maximum absolute atomic E-state index is 12.0. The Balaban J connectivity index is 1.78. The molecule has 0 spiro atoms. The number of hydrogen-bond acceptors (Lipinski definition) is 3. The molecule has 0 fully saturated rings. The lowest BCUT2D eigenvalue weighted by Crippen LogP contribution is -2.20. The fraction of sp³-hybridized carbons (Fsp3) is 0.263. The lowest BCUT2D eigenvalue weighted by molar-refractivity contribution is -0.152. The second-order valence-electron chi connectivity index (χ2n) is 5.86. The van der Waals surface area contributed by atoms with Gasteiger partial charge in [0.05, 0.1) is 12.3 Å². The summed E-state index contributed by atoms with van der Waals surface area (Å²) in [5.74, 6) is -2.09. The zero-order valence-corrected chi connectivity index (χ0v) is 12.9. The molecule has 2 aromatic carbocycles. The molecule has 3 rings (SSSR count). The lowest BCUT2D eigenvalue weighted by atomic mass is 9.98. The van der Waals surface area contributed by atoms with Crippen molar-refractivity contribution in [1.29, 1.82) is 0 Å². The molecule has 1 atom stereocenters. The molecule has 4 heteroatoms. The van der Waals surface area contributed by atoms with Crippen LogP contribution in [0.25, 0.3) is 11.1 Å². The fourth-order valence-corrected chi connectivity index (χ4v) is 3.09. The molecular weight excluding hydrogens is 292 g/mol. The van der Waals surface area contributed by atoms with Gasteiger partial charge in [0.2, 0.25) is 0 Å². The van der Waals surface area contributed by atoms with Crippen molar-refractivity contribution in [3.05, 3.63) is 59.7 Å². The van der Waals surface area contributed by atoms with Crippen molar-refractivity contribution in [3.8, 4) is 11.1 Å². The number of fused-ring (bicyclic) bond motifs is 3. The van der Waals surface area contributed by atoms with Crippen LogP contribution in [0.4, 0.5) is 0 Å². The SMILES string of the molecule is CC(CC(=O)O)C(=O)OCC1c2ccccc2-c2ccccc21. The van der Waals surface area contributed by atoms with Crippen LogP contribution in [0.5, 0.6) is 0 Å². The van der Waals surface area contributed by atoms with E-state index in [1.54, 1.807) is 6.92 Å². The largest absolute Gasteiger partial charge is 0.481 e. The van der Waals surface area contributed by atoms with Crippen LogP contribution in [0.15, 0.2) is 48.5 Å². The summed E-state index contributed by atoms with van der Waals surface area (Å²) < 4.78 is 5.40. The van der Waals surface area contributed by atoms with E-state index in [4.69, 9.17) is 9.84 Å². The summed E-state index contributed by atoms with van der Waals surface area (Å²) >= 11 is 0. The van der Waals surface area contributed by atoms with Gasteiger partial charge in [0.25, 0.3) is 0 Å². The Labute approximate surface area is 134 Å². The topological polar surface area (TPSA) is 63.6 Å². The Morgan fingerprint density at radius 1 is 1.04 bits per heavy atom. The van der Waals surface area contributed by atoms with E-state index >= 15 is 0 Å². The van der Waals surface area contributed by atoms with E-state index in [0.29, 0.717) is 0 Å². The maximum Gasteiger partial charge on any atom is 0.309 e. The maximum atomic E-state index is 12.0. The second kappa shape index (κ2) is 6.24. The van der Waals surface area contributed by atoms with Crippen LogP contribution >= 0.6 is 0 Å². The Hall–Kier alpha value is -2.62. The van der Waals surface area contributed by atoms with Crippen molar-refractivity contribution in [2.75, 3.05) is 6.61 Å². The molecule has 0 amide bonds. The fourth-order valence-electron chi connectivity index (χ4n) is 3.09. The van der Waals surface area contributed by atoms with Crippen LogP contribution in [-0.2, 0) is 14.3 Å². The molecule has 1 aliphatic rings. The normalized spacial score (nSPS) is 14.0. The Morgan fingerprint density at radius 3 is 2.09 bits per heavy atom. The number of benzene rings is 2. The minimum absolute atomic E-state index is 0.00313. The number of rotatable bonds is 5. The highest BCUT2D eigenvalue weighted by Crippen LogP contribution is 2.44. The van der Waals surface area contributed by atoms with E-state index < -0.39 is 17.9 Å². The minimum atomic E-state index is -0.994. The van der Waals surface area contributed by atoms with Gasteiger partial charge in [-0.3, -0.25) is 9.59 Å². The highest BCUT2D eigenvalue weighted by molar-refractivity contribution is 5.80. The number of ether oxygens (including phenoxy) is 1. The van der Waals surface area contributed by atoms with Gasteiger partial charge in [0.1, 0.15) is 6.61 Å². The van der Waals surface area contributed by atoms with Crippen molar-refractivity contribution in [2.24, 2.45) is 5.92 Å². The smallest absolute Gasteiger partial charge is 0.309 e. The number of carboxylic acids is 1. The first kappa shape index (κ1) is 15.3. The van der Waals surface area contributed by atoms with E-state index in [1.807, 2.05) is 24.3 Å². The molecule has 0 aliphatic heterocycles. The third-order valence-electron chi connectivity index (χ3n) is 4.24. The van der Waals surface area contributed by atoms with Gasteiger partial charge in [-0.2, -0.15) is 0 Å². The zero-order chi connectivity index (χ0) is 16.4. The second-order valence-corrected chi connectivity index (χ2v) is 5.86. The van der Waals surface area contributed by atoms with Crippen LogP contribution in [0.2, 0.25) is 0 Å². The van der Waals surface area contributed by atoms with Crippen LogP contribution in [-0.4, -0.2) is 23.7 Å². The highest BCUT2D eigenvalue weighted by atomic mass is 16.5. The van der Waals surface area contributed by atoms with Crippen LogP contribution in [0.3, 0.4) is 0 Å². The van der Waals surface area contributed by atoms with E-state index in [0.717, 1.165) is 11.1 Å². The van der Waals surface area contributed by atoms with Crippen LogP contribution in [0, 0.1) is 5.92 Å². The van der Waals surface area contributed by atoms with Gasteiger partial charge in [-0.15, -0.1) is 0 Å². The standard InChI is InChI=1S/C19H18O4/c1-12(10-18(20)21)19(22)23-11-17-15-8-4-2-6-13(15)14-7-3-5-9-16(14)17/h2-9,12,17H,10-11H2,1H3,(H,20,21). The number of hydrogen-bond donors (Lipinski definition) is 1. The molecule has 0 saturated heterocycles. The van der Waals surface area contributed by atoms with Gasteiger partial charge >= 0.3 is 11.9 Å². The third kappa shape index (κ3) is 2.97. The van der Waals surface area contributed by atoms with Crippen LogP contribution < -0.4 is 0 Å². The van der Waals surface area contributed by atoms with Crippen molar-refractivity contribution in [1.82, 2.24) is 0 Å². The first-order chi connectivity index (χ1) is 11.1. The van der Waals surface area contributed by atoms with Gasteiger partial charge in [0.15, 0.2) is 0 Å². The van der Waals surface area contributed by atoms with Gasteiger partial charge in [-0.25, -0.2) is 0 Å². The predicted octanol–water partition coefficient (Wildman–Crippen LogP) is 3.45. The van der Waals surface area contributed by atoms with Crippen molar-refractivity contribution >= 4 is 11.9 Å². The molecule has 2 aromatic rings. The van der Waals surface area contributed by atoms with Gasteiger partial charge in [-0.05, 0) is 22.3 Å². The summed E-state index contributed by atoms with van der Waals surface area (Å²) in [6.07, 6.45) is -0.212. The number of carbonyl (C=O) groups excluding carboxylic acids is 1. The number of carbonyl (C=O) groups is 2.